The van der Waals surface area contributed by atoms with Gasteiger partial charge in [0.25, 0.3) is 0 Å². The molecule has 1 atom stereocenters. The second-order valence-electron chi connectivity index (χ2n) is 5.46. The van der Waals surface area contributed by atoms with Crippen LogP contribution in [-0.2, 0) is 0 Å². The highest BCUT2D eigenvalue weighted by Gasteiger charge is 2.17. The zero-order valence-corrected chi connectivity index (χ0v) is 13.7. The Hall–Kier alpha value is -2.79. The maximum Gasteiger partial charge on any atom is 0.160 e. The number of hydrogen-bond acceptors (Lipinski definition) is 4. The van der Waals surface area contributed by atoms with Crippen LogP contribution in [0.1, 0.15) is 11.4 Å². The van der Waals surface area contributed by atoms with E-state index in [-0.39, 0.29) is 5.25 Å². The van der Waals surface area contributed by atoms with Crippen LogP contribution in [0.4, 0.5) is 0 Å². The normalized spacial score (nSPS) is 17.9. The number of para-hydroxylation sites is 2. The number of H-pyrrole nitrogens is 1. The lowest BCUT2D eigenvalue weighted by molar-refractivity contribution is 1.22. The van der Waals surface area contributed by atoms with Gasteiger partial charge in [0, 0.05) is 0 Å². The first-order chi connectivity index (χ1) is 11.8. The van der Waals surface area contributed by atoms with Gasteiger partial charge in [0.1, 0.15) is 5.70 Å². The number of aliphatic imine (C=N–C) groups is 1. The summed E-state index contributed by atoms with van der Waals surface area (Å²) in [6.45, 7) is 0. The summed E-state index contributed by atoms with van der Waals surface area (Å²) in [5, 5.41) is 0.682. The van der Waals surface area contributed by atoms with Crippen LogP contribution in [0.15, 0.2) is 71.7 Å². The SMILES string of the molecule is NC1=NC(c2nc3ccccc3[nH]2)=CC(/C=C/c2ccccc2)S1. The monoisotopic (exact) mass is 332 g/mol. The van der Waals surface area contributed by atoms with Gasteiger partial charge >= 0.3 is 0 Å². The van der Waals surface area contributed by atoms with Gasteiger partial charge in [-0.2, -0.15) is 0 Å². The van der Waals surface area contributed by atoms with Crippen molar-refractivity contribution in [3.05, 3.63) is 78.1 Å². The Balaban J connectivity index is 1.64. The highest BCUT2D eigenvalue weighted by molar-refractivity contribution is 8.14. The number of amidine groups is 1. The number of imidazole rings is 1. The molecular formula is C19H16N4S. The molecule has 0 amide bonds. The van der Waals surface area contributed by atoms with Gasteiger partial charge in [0.2, 0.25) is 0 Å². The van der Waals surface area contributed by atoms with Crippen molar-refractivity contribution in [2.24, 2.45) is 10.7 Å². The molecule has 2 heterocycles. The number of aromatic nitrogens is 2. The number of rotatable bonds is 3. The largest absolute Gasteiger partial charge is 0.378 e. The van der Waals surface area contributed by atoms with Gasteiger partial charge in [0.15, 0.2) is 11.0 Å². The predicted octanol–water partition coefficient (Wildman–Crippen LogP) is 4.05. The Morgan fingerprint density at radius 3 is 2.67 bits per heavy atom. The third-order valence-electron chi connectivity index (χ3n) is 3.72. The molecule has 3 aromatic rings. The van der Waals surface area contributed by atoms with Gasteiger partial charge in [-0.25, -0.2) is 9.98 Å². The molecule has 3 N–H and O–H groups in total. The fourth-order valence-electron chi connectivity index (χ4n) is 2.58. The van der Waals surface area contributed by atoms with Crippen LogP contribution in [0.3, 0.4) is 0 Å². The fourth-order valence-corrected chi connectivity index (χ4v) is 3.37. The Morgan fingerprint density at radius 1 is 1.04 bits per heavy atom. The lowest BCUT2D eigenvalue weighted by Gasteiger charge is -2.14. The summed E-state index contributed by atoms with van der Waals surface area (Å²) >= 11 is 1.53. The molecule has 24 heavy (non-hydrogen) atoms. The van der Waals surface area contributed by atoms with E-state index in [1.165, 1.54) is 11.8 Å². The van der Waals surface area contributed by atoms with E-state index in [9.17, 15) is 0 Å². The summed E-state index contributed by atoms with van der Waals surface area (Å²) in [7, 11) is 0. The third-order valence-corrected chi connectivity index (χ3v) is 4.62. The topological polar surface area (TPSA) is 67.1 Å². The number of thioether (sulfide) groups is 1. The Labute approximate surface area is 144 Å². The van der Waals surface area contributed by atoms with Crippen LogP contribution in [-0.4, -0.2) is 20.4 Å². The zero-order valence-electron chi connectivity index (χ0n) is 12.9. The molecule has 1 aliphatic heterocycles. The highest BCUT2D eigenvalue weighted by atomic mass is 32.2. The van der Waals surface area contributed by atoms with Crippen LogP contribution in [0.25, 0.3) is 22.8 Å². The van der Waals surface area contributed by atoms with E-state index in [4.69, 9.17) is 5.73 Å². The van der Waals surface area contributed by atoms with E-state index in [1.54, 1.807) is 0 Å². The molecule has 0 bridgehead atoms. The maximum atomic E-state index is 6.01. The molecular weight excluding hydrogens is 316 g/mol. The molecule has 0 radical (unpaired) electrons. The quantitative estimate of drug-likeness (QED) is 0.760. The first-order valence-corrected chi connectivity index (χ1v) is 8.57. The highest BCUT2D eigenvalue weighted by Crippen LogP contribution is 2.28. The van der Waals surface area contributed by atoms with Gasteiger partial charge in [-0.05, 0) is 23.8 Å². The molecule has 118 valence electrons. The second-order valence-corrected chi connectivity index (χ2v) is 6.66. The lowest BCUT2D eigenvalue weighted by Crippen LogP contribution is -2.15. The summed E-state index contributed by atoms with van der Waals surface area (Å²) in [5.41, 5.74) is 9.88. The molecule has 2 aromatic carbocycles. The van der Waals surface area contributed by atoms with E-state index in [0.29, 0.717) is 5.17 Å². The van der Waals surface area contributed by atoms with Gasteiger partial charge in [-0.1, -0.05) is 66.4 Å². The standard InChI is InChI=1S/C19H16N4S/c20-19-23-17(18-21-15-8-4-5-9-16(15)22-18)12-14(24-19)11-10-13-6-2-1-3-7-13/h1-12,14H,(H2,20,23)(H,21,22)/b11-10+. The molecule has 0 aliphatic carbocycles. The van der Waals surface area contributed by atoms with Gasteiger partial charge < -0.3 is 10.7 Å². The van der Waals surface area contributed by atoms with E-state index < -0.39 is 0 Å². The number of nitrogens with one attached hydrogen (secondary N) is 1. The summed E-state index contributed by atoms with van der Waals surface area (Å²) in [6.07, 6.45) is 6.31. The summed E-state index contributed by atoms with van der Waals surface area (Å²) < 4.78 is 0. The van der Waals surface area contributed by atoms with Crippen molar-refractivity contribution < 1.29 is 0 Å². The van der Waals surface area contributed by atoms with Crippen molar-refractivity contribution in [2.75, 3.05) is 0 Å². The van der Waals surface area contributed by atoms with Gasteiger partial charge in [0.05, 0.1) is 16.3 Å². The van der Waals surface area contributed by atoms with E-state index >= 15 is 0 Å². The first kappa shape index (κ1) is 14.8. The molecule has 0 fully saturated rings. The van der Waals surface area contributed by atoms with Crippen LogP contribution in [0.5, 0.6) is 0 Å². The molecule has 0 spiro atoms. The Morgan fingerprint density at radius 2 is 1.83 bits per heavy atom. The lowest BCUT2D eigenvalue weighted by atomic mass is 10.2. The van der Waals surface area contributed by atoms with Gasteiger partial charge in [-0.15, -0.1) is 0 Å². The van der Waals surface area contributed by atoms with Crippen molar-refractivity contribution in [1.29, 1.82) is 0 Å². The maximum absolute atomic E-state index is 6.01. The van der Waals surface area contributed by atoms with Crippen molar-refractivity contribution in [1.82, 2.24) is 9.97 Å². The van der Waals surface area contributed by atoms with Crippen LogP contribution in [0, 0.1) is 0 Å². The zero-order chi connectivity index (χ0) is 16.4. The first-order valence-electron chi connectivity index (χ1n) is 7.69. The van der Waals surface area contributed by atoms with Crippen molar-refractivity contribution in [2.45, 2.75) is 5.25 Å². The van der Waals surface area contributed by atoms with Crippen molar-refractivity contribution in [3.63, 3.8) is 0 Å². The average Bonchev–Trinajstić information content (AvgIpc) is 3.05. The number of benzene rings is 2. The van der Waals surface area contributed by atoms with Crippen molar-refractivity contribution in [3.8, 4) is 0 Å². The van der Waals surface area contributed by atoms with Crippen LogP contribution in [0.2, 0.25) is 0 Å². The van der Waals surface area contributed by atoms with E-state index in [0.717, 1.165) is 28.1 Å². The molecule has 1 aliphatic rings. The van der Waals surface area contributed by atoms with E-state index in [2.05, 4.69) is 45.3 Å². The number of nitrogens with zero attached hydrogens (tertiary/aromatic N) is 2. The van der Waals surface area contributed by atoms with Crippen LogP contribution < -0.4 is 5.73 Å². The van der Waals surface area contributed by atoms with Crippen molar-refractivity contribution >= 4 is 39.7 Å². The number of fused-ring (bicyclic) bond motifs is 1. The number of nitrogens with two attached hydrogens (primary N) is 1. The summed E-state index contributed by atoms with van der Waals surface area (Å²) in [6, 6.07) is 18.2. The second kappa shape index (κ2) is 6.37. The Kier molecular flexibility index (Phi) is 3.92. The minimum absolute atomic E-state index is 0.130. The molecule has 5 heteroatoms. The minimum Gasteiger partial charge on any atom is -0.378 e. The predicted molar refractivity (Wildman–Crippen MR) is 103 cm³/mol. The summed E-state index contributed by atoms with van der Waals surface area (Å²) in [5.74, 6) is 0.748. The molecule has 0 saturated heterocycles. The fraction of sp³-hybridized carbons (Fsp3) is 0.0526. The minimum atomic E-state index is 0.130. The number of hydrogen-bond donors (Lipinski definition) is 2. The molecule has 1 unspecified atom stereocenters. The molecule has 0 saturated carbocycles. The number of aromatic amines is 1. The van der Waals surface area contributed by atoms with Crippen LogP contribution >= 0.6 is 11.8 Å². The third kappa shape index (κ3) is 3.12. The van der Waals surface area contributed by atoms with E-state index in [1.807, 2.05) is 42.5 Å². The van der Waals surface area contributed by atoms with Gasteiger partial charge in [-0.3, -0.25) is 0 Å². The summed E-state index contributed by atoms with van der Waals surface area (Å²) in [4.78, 5) is 12.4. The average molecular weight is 332 g/mol. The molecule has 4 nitrogen and oxygen atoms in total. The Bertz CT molecular complexity index is 921. The molecule has 1 aromatic heterocycles. The molecule has 4 rings (SSSR count). The smallest absolute Gasteiger partial charge is 0.160 e.